The molecule has 0 aliphatic heterocycles. The monoisotopic (exact) mass is 393 g/mol. The fourth-order valence-corrected chi connectivity index (χ4v) is 3.20. The zero-order valence-electron chi connectivity index (χ0n) is 15.6. The fourth-order valence-electron chi connectivity index (χ4n) is 3.00. The van der Waals surface area contributed by atoms with Crippen LogP contribution >= 0.6 is 11.6 Å². The highest BCUT2D eigenvalue weighted by atomic mass is 35.5. The third-order valence-electron chi connectivity index (χ3n) is 4.35. The lowest BCUT2D eigenvalue weighted by atomic mass is 9.95. The second-order valence-electron chi connectivity index (χ2n) is 6.42. The van der Waals surface area contributed by atoms with Gasteiger partial charge in [0.05, 0.1) is 16.6 Å². The fraction of sp³-hybridized carbons (Fsp3) is 0.136. The molecule has 0 bridgehead atoms. The number of nitrogens with zero attached hydrogens (tertiary/aromatic N) is 1. The Hall–Kier alpha value is -3.18. The summed E-state index contributed by atoms with van der Waals surface area (Å²) in [5.41, 5.74) is 3.75. The smallest absolute Gasteiger partial charge is 0.253 e. The van der Waals surface area contributed by atoms with Crippen LogP contribution in [0.4, 0.5) is 5.69 Å². The van der Waals surface area contributed by atoms with E-state index in [1.807, 2.05) is 43.3 Å². The normalized spacial score (nSPS) is 11.5. The average molecular weight is 394 g/mol. The maximum absolute atomic E-state index is 13.0. The van der Waals surface area contributed by atoms with Crippen LogP contribution in [0.15, 0.2) is 67.0 Å². The summed E-state index contributed by atoms with van der Waals surface area (Å²) in [6.45, 7) is 3.41. The number of anilines is 1. The molecule has 2 amide bonds. The second-order valence-corrected chi connectivity index (χ2v) is 6.83. The van der Waals surface area contributed by atoms with Crippen LogP contribution in [0.1, 0.15) is 40.0 Å². The standard InChI is InChI=1S/C22H20ClN3O2/c1-14-5-3-4-6-18(14)21(16-9-11-24-12-10-16)26-22(28)19-13-17(25-15(2)27)7-8-20(19)23/h3-13,21H,1-2H3,(H,25,27)(H,26,28). The van der Waals surface area contributed by atoms with Gasteiger partial charge in [0.15, 0.2) is 0 Å². The van der Waals surface area contributed by atoms with Crippen molar-refractivity contribution in [3.63, 3.8) is 0 Å². The Morgan fingerprint density at radius 2 is 1.75 bits per heavy atom. The highest BCUT2D eigenvalue weighted by Crippen LogP contribution is 2.27. The number of amides is 2. The molecular weight excluding hydrogens is 374 g/mol. The molecule has 3 aromatic rings. The van der Waals surface area contributed by atoms with E-state index in [1.54, 1.807) is 30.6 Å². The molecule has 0 saturated carbocycles. The minimum atomic E-state index is -0.364. The highest BCUT2D eigenvalue weighted by molar-refractivity contribution is 6.34. The molecular formula is C22H20ClN3O2. The van der Waals surface area contributed by atoms with Crippen LogP contribution in [0.3, 0.4) is 0 Å². The van der Waals surface area contributed by atoms with Gasteiger partial charge in [-0.15, -0.1) is 0 Å². The molecule has 0 aliphatic carbocycles. The topological polar surface area (TPSA) is 71.1 Å². The largest absolute Gasteiger partial charge is 0.341 e. The first kappa shape index (κ1) is 19.6. The Morgan fingerprint density at radius 1 is 1.04 bits per heavy atom. The molecule has 0 aliphatic rings. The summed E-state index contributed by atoms with van der Waals surface area (Å²) < 4.78 is 0. The Balaban J connectivity index is 1.97. The first-order valence-corrected chi connectivity index (χ1v) is 9.17. The third kappa shape index (κ3) is 4.56. The minimum absolute atomic E-state index is 0.219. The summed E-state index contributed by atoms with van der Waals surface area (Å²) in [5, 5.41) is 6.04. The lowest BCUT2D eigenvalue weighted by Gasteiger charge is -2.22. The molecule has 0 fully saturated rings. The van der Waals surface area contributed by atoms with E-state index in [0.717, 1.165) is 16.7 Å². The molecule has 6 heteroatoms. The summed E-state index contributed by atoms with van der Waals surface area (Å²) in [6.07, 6.45) is 3.38. The molecule has 5 nitrogen and oxygen atoms in total. The molecule has 1 unspecified atom stereocenters. The van der Waals surface area contributed by atoms with Gasteiger partial charge >= 0.3 is 0 Å². The van der Waals surface area contributed by atoms with Crippen molar-refractivity contribution in [3.05, 3.63) is 94.3 Å². The number of benzene rings is 2. The number of halogens is 1. The van der Waals surface area contributed by atoms with E-state index in [9.17, 15) is 9.59 Å². The van der Waals surface area contributed by atoms with Crippen molar-refractivity contribution >= 4 is 29.1 Å². The van der Waals surface area contributed by atoms with Crippen molar-refractivity contribution < 1.29 is 9.59 Å². The van der Waals surface area contributed by atoms with Crippen molar-refractivity contribution in [2.24, 2.45) is 0 Å². The predicted octanol–water partition coefficient (Wildman–Crippen LogP) is 4.52. The molecule has 2 N–H and O–H groups in total. The highest BCUT2D eigenvalue weighted by Gasteiger charge is 2.21. The van der Waals surface area contributed by atoms with Crippen molar-refractivity contribution in [2.75, 3.05) is 5.32 Å². The van der Waals surface area contributed by atoms with Gasteiger partial charge in [-0.05, 0) is 53.9 Å². The molecule has 3 rings (SSSR count). The van der Waals surface area contributed by atoms with Crippen molar-refractivity contribution in [1.82, 2.24) is 10.3 Å². The Kier molecular flexibility index (Phi) is 6.06. The van der Waals surface area contributed by atoms with Crippen LogP contribution in [0, 0.1) is 6.92 Å². The molecule has 142 valence electrons. The predicted molar refractivity (Wildman–Crippen MR) is 110 cm³/mol. The number of hydrogen-bond donors (Lipinski definition) is 2. The van der Waals surface area contributed by atoms with E-state index in [4.69, 9.17) is 11.6 Å². The summed E-state index contributed by atoms with van der Waals surface area (Å²) in [5.74, 6) is -0.550. The second kappa shape index (κ2) is 8.67. The summed E-state index contributed by atoms with van der Waals surface area (Å²) in [4.78, 5) is 28.4. The van der Waals surface area contributed by atoms with Crippen LogP contribution < -0.4 is 10.6 Å². The molecule has 1 heterocycles. The third-order valence-corrected chi connectivity index (χ3v) is 4.68. The molecule has 1 aromatic heterocycles. The number of hydrogen-bond acceptors (Lipinski definition) is 3. The minimum Gasteiger partial charge on any atom is -0.341 e. The molecule has 0 radical (unpaired) electrons. The number of carbonyl (C=O) groups is 2. The van der Waals surface area contributed by atoms with Gasteiger partial charge in [-0.1, -0.05) is 35.9 Å². The van der Waals surface area contributed by atoms with Gasteiger partial charge in [-0.2, -0.15) is 0 Å². The number of carbonyl (C=O) groups excluding carboxylic acids is 2. The molecule has 1 atom stereocenters. The maximum atomic E-state index is 13.0. The van der Waals surface area contributed by atoms with Gasteiger partial charge in [-0.25, -0.2) is 0 Å². The van der Waals surface area contributed by atoms with Gasteiger partial charge in [0.2, 0.25) is 5.91 Å². The molecule has 0 spiro atoms. The van der Waals surface area contributed by atoms with Crippen molar-refractivity contribution in [1.29, 1.82) is 0 Å². The number of pyridine rings is 1. The number of nitrogens with one attached hydrogen (secondary N) is 2. The van der Waals surface area contributed by atoms with Crippen LogP contribution in [-0.4, -0.2) is 16.8 Å². The van der Waals surface area contributed by atoms with Crippen LogP contribution in [-0.2, 0) is 4.79 Å². The Bertz CT molecular complexity index is 1010. The van der Waals surface area contributed by atoms with E-state index in [1.165, 1.54) is 6.92 Å². The zero-order valence-corrected chi connectivity index (χ0v) is 16.3. The lowest BCUT2D eigenvalue weighted by molar-refractivity contribution is -0.114. The van der Waals surface area contributed by atoms with Crippen molar-refractivity contribution in [2.45, 2.75) is 19.9 Å². The average Bonchev–Trinajstić information content (AvgIpc) is 2.68. The quantitative estimate of drug-likeness (QED) is 0.669. The van der Waals surface area contributed by atoms with E-state index in [0.29, 0.717) is 16.3 Å². The van der Waals surface area contributed by atoms with Crippen molar-refractivity contribution in [3.8, 4) is 0 Å². The first-order chi connectivity index (χ1) is 13.5. The summed E-state index contributed by atoms with van der Waals surface area (Å²) in [7, 11) is 0. The zero-order chi connectivity index (χ0) is 20.1. The maximum Gasteiger partial charge on any atom is 0.253 e. The van der Waals surface area contributed by atoms with Gasteiger partial charge < -0.3 is 10.6 Å². The SMILES string of the molecule is CC(=O)Nc1ccc(Cl)c(C(=O)NC(c2ccncc2)c2ccccc2C)c1. The lowest BCUT2D eigenvalue weighted by Crippen LogP contribution is -2.30. The number of aromatic nitrogens is 1. The van der Waals surface area contributed by atoms with E-state index in [-0.39, 0.29) is 17.9 Å². The van der Waals surface area contributed by atoms with Gasteiger partial charge in [0.1, 0.15) is 0 Å². The molecule has 0 saturated heterocycles. The van der Waals surface area contributed by atoms with Crippen LogP contribution in [0.5, 0.6) is 0 Å². The Labute approximate surface area is 168 Å². The number of rotatable bonds is 5. The number of aryl methyl sites for hydroxylation is 1. The van der Waals surface area contributed by atoms with E-state index >= 15 is 0 Å². The van der Waals surface area contributed by atoms with Gasteiger partial charge in [-0.3, -0.25) is 14.6 Å². The summed E-state index contributed by atoms with van der Waals surface area (Å²) >= 11 is 6.25. The Morgan fingerprint density at radius 3 is 2.43 bits per heavy atom. The van der Waals surface area contributed by atoms with Gasteiger partial charge in [0.25, 0.3) is 5.91 Å². The van der Waals surface area contributed by atoms with E-state index in [2.05, 4.69) is 15.6 Å². The molecule has 28 heavy (non-hydrogen) atoms. The first-order valence-electron chi connectivity index (χ1n) is 8.79. The van der Waals surface area contributed by atoms with Crippen LogP contribution in [0.2, 0.25) is 5.02 Å². The van der Waals surface area contributed by atoms with Crippen LogP contribution in [0.25, 0.3) is 0 Å². The van der Waals surface area contributed by atoms with Gasteiger partial charge in [0, 0.05) is 25.0 Å². The summed E-state index contributed by atoms with van der Waals surface area (Å²) in [6, 6.07) is 16.1. The van der Waals surface area contributed by atoms with E-state index < -0.39 is 0 Å². The molecule has 2 aromatic carbocycles.